The maximum absolute atomic E-state index is 9.87. The molecule has 4 aromatic heterocycles. The second kappa shape index (κ2) is 19.5. The fourth-order valence-corrected chi connectivity index (χ4v) is 8.17. The van der Waals surface area contributed by atoms with E-state index in [-0.39, 0.29) is 28.5 Å². The summed E-state index contributed by atoms with van der Waals surface area (Å²) in [6, 6.07) is 39.5. The third-order valence-electron chi connectivity index (χ3n) is 11.7. The molecule has 0 spiro atoms. The van der Waals surface area contributed by atoms with Crippen LogP contribution in [0.25, 0.3) is 55.7 Å². The second-order valence-electron chi connectivity index (χ2n) is 17.3. The van der Waals surface area contributed by atoms with Gasteiger partial charge in [0.05, 0.1) is 28.7 Å². The van der Waals surface area contributed by atoms with Gasteiger partial charge in [-0.2, -0.15) is 5.26 Å². The van der Waals surface area contributed by atoms with Crippen molar-refractivity contribution in [2.45, 2.75) is 97.5 Å². The van der Waals surface area contributed by atoms with E-state index in [1.807, 2.05) is 120 Å². The van der Waals surface area contributed by atoms with Crippen molar-refractivity contribution in [1.82, 2.24) is 15.0 Å². The van der Waals surface area contributed by atoms with Crippen LogP contribution in [-0.4, -0.2) is 15.0 Å². The van der Waals surface area contributed by atoms with Crippen molar-refractivity contribution >= 4 is 21.9 Å². The topological polar surface area (TPSA) is 75.6 Å². The summed E-state index contributed by atoms with van der Waals surface area (Å²) in [5, 5.41) is 11.1. The van der Waals surface area contributed by atoms with Gasteiger partial charge in [0.1, 0.15) is 11.2 Å². The van der Waals surface area contributed by atoms with Crippen LogP contribution in [0.2, 0.25) is 0 Å². The van der Waals surface area contributed by atoms with E-state index in [9.17, 15) is 21.7 Å². The van der Waals surface area contributed by atoms with E-state index in [0.717, 1.165) is 40.1 Å². The SMILES string of the molecule is [2H]C([2H])(c1cc(C([2H])([2H])C([2H])([2H])c2cnc(-c3ccccc3)cc2C(C)C)cc(C([2H])([2H])C([2H])([2H])c2cnc(-c3cccc4c3oc3cc(C#N)ccc34)cc2C(C)C)c1)C([2H])([2H])c1cnc(-c2ccccc2)cc1C(C)C. The molecule has 0 radical (unpaired) electrons. The minimum Gasteiger partial charge on any atom is -0.455 e. The lowest BCUT2D eigenvalue weighted by Crippen LogP contribution is -2.05. The number of benzene rings is 5. The molecule has 0 aliphatic carbocycles. The van der Waals surface area contributed by atoms with Crippen LogP contribution in [0.15, 0.2) is 156 Å². The number of rotatable bonds is 15. The number of hydrogen-bond acceptors (Lipinski definition) is 5. The van der Waals surface area contributed by atoms with Crippen LogP contribution >= 0.6 is 0 Å². The van der Waals surface area contributed by atoms with E-state index in [0.29, 0.717) is 56.1 Å². The molecule has 9 aromatic rings. The van der Waals surface area contributed by atoms with Gasteiger partial charge in [-0.1, -0.05) is 133 Å². The minimum absolute atomic E-state index is 0.102. The summed E-state index contributed by atoms with van der Waals surface area (Å²) < 4.78 is 124. The Hall–Kier alpha value is -7.16. The molecule has 0 amide bonds. The summed E-state index contributed by atoms with van der Waals surface area (Å²) in [7, 11) is 0. The molecule has 0 unspecified atom stereocenters. The van der Waals surface area contributed by atoms with Gasteiger partial charge in [-0.25, -0.2) is 0 Å². The Labute approximate surface area is 407 Å². The third-order valence-corrected chi connectivity index (χ3v) is 11.7. The third kappa shape index (κ3) is 9.60. The van der Waals surface area contributed by atoms with Gasteiger partial charge in [0.25, 0.3) is 0 Å². The van der Waals surface area contributed by atoms with Crippen LogP contribution in [0.5, 0.6) is 0 Å². The van der Waals surface area contributed by atoms with Crippen molar-refractivity contribution in [3.05, 3.63) is 208 Å². The van der Waals surface area contributed by atoms with Crippen LogP contribution in [0.1, 0.15) is 131 Å². The largest absolute Gasteiger partial charge is 0.455 e. The molecule has 0 bridgehead atoms. The van der Waals surface area contributed by atoms with Gasteiger partial charge < -0.3 is 4.42 Å². The van der Waals surface area contributed by atoms with Crippen molar-refractivity contribution in [3.63, 3.8) is 0 Å². The molecule has 9 rings (SSSR count). The molecule has 5 heteroatoms. The van der Waals surface area contributed by atoms with Crippen LogP contribution < -0.4 is 0 Å². The van der Waals surface area contributed by atoms with E-state index < -0.39 is 60.8 Å². The highest BCUT2D eigenvalue weighted by Crippen LogP contribution is 2.37. The number of fused-ring (bicyclic) bond motifs is 3. The first-order valence-electron chi connectivity index (χ1n) is 28.3. The predicted molar refractivity (Wildman–Crippen MR) is 272 cm³/mol. The normalized spacial score (nSPS) is 15.6. The minimum atomic E-state index is -3.16. The first-order chi connectivity index (χ1) is 36.6. The molecular formula is C61H58N4O. The van der Waals surface area contributed by atoms with Gasteiger partial charge in [0.2, 0.25) is 0 Å². The molecular weight excluding hydrogens is 805 g/mol. The van der Waals surface area contributed by atoms with E-state index in [1.54, 1.807) is 36.4 Å². The highest BCUT2D eigenvalue weighted by Gasteiger charge is 2.18. The Bertz CT molecular complexity index is 3640. The predicted octanol–water partition coefficient (Wildman–Crippen LogP) is 15.4. The van der Waals surface area contributed by atoms with Crippen LogP contribution in [0.4, 0.5) is 0 Å². The molecule has 5 aromatic carbocycles. The fourth-order valence-electron chi connectivity index (χ4n) is 8.17. The molecule has 0 atom stereocenters. The number of aromatic nitrogens is 3. The number of nitriles is 1. The second-order valence-corrected chi connectivity index (χ2v) is 17.3. The average Bonchev–Trinajstić information content (AvgIpc) is 3.82. The number of pyridine rings is 3. The first kappa shape index (κ1) is 31.7. The van der Waals surface area contributed by atoms with Crippen molar-refractivity contribution in [2.75, 3.05) is 0 Å². The van der Waals surface area contributed by atoms with E-state index in [4.69, 9.17) is 9.40 Å². The Morgan fingerprint density at radius 2 is 0.939 bits per heavy atom. The van der Waals surface area contributed by atoms with E-state index in [1.165, 1.54) is 18.6 Å². The quantitative estimate of drug-likeness (QED) is 0.103. The summed E-state index contributed by atoms with van der Waals surface area (Å²) in [4.78, 5) is 13.9. The smallest absolute Gasteiger partial charge is 0.144 e. The van der Waals surface area contributed by atoms with Gasteiger partial charge in [-0.3, -0.25) is 15.0 Å². The van der Waals surface area contributed by atoms with E-state index >= 15 is 0 Å². The van der Waals surface area contributed by atoms with E-state index in [2.05, 4.69) is 16.0 Å². The van der Waals surface area contributed by atoms with Crippen molar-refractivity contribution in [1.29, 1.82) is 5.26 Å². The number of aryl methyl sites for hydroxylation is 6. The first-order valence-corrected chi connectivity index (χ1v) is 22.3. The lowest BCUT2D eigenvalue weighted by molar-refractivity contribution is 0.669. The maximum atomic E-state index is 9.87. The van der Waals surface area contributed by atoms with Gasteiger partial charge in [0, 0.05) is 62.5 Å². The van der Waals surface area contributed by atoms with Gasteiger partial charge in [-0.05, 0) is 149 Å². The highest BCUT2D eigenvalue weighted by atomic mass is 16.3. The number of furan rings is 1. The summed E-state index contributed by atoms with van der Waals surface area (Å²) in [5.41, 5.74) is 4.20. The molecule has 0 aliphatic heterocycles. The van der Waals surface area contributed by atoms with Gasteiger partial charge in [-0.15, -0.1) is 0 Å². The molecule has 328 valence electrons. The summed E-state index contributed by atoms with van der Waals surface area (Å²) >= 11 is 0. The molecule has 0 aliphatic rings. The summed E-state index contributed by atoms with van der Waals surface area (Å²) in [6.45, 7) is 11.0. The van der Waals surface area contributed by atoms with Crippen molar-refractivity contribution in [2.24, 2.45) is 0 Å². The molecule has 0 saturated carbocycles. The average molecular weight is 875 g/mol. The molecule has 4 heterocycles. The molecule has 66 heavy (non-hydrogen) atoms. The van der Waals surface area contributed by atoms with Crippen LogP contribution in [-0.2, 0) is 38.2 Å². The lowest BCUT2D eigenvalue weighted by Gasteiger charge is -2.17. The Kier molecular flexibility index (Phi) is 9.37. The Balaban J connectivity index is 1.22. The Morgan fingerprint density at radius 1 is 0.485 bits per heavy atom. The molecule has 0 fully saturated rings. The van der Waals surface area contributed by atoms with Crippen LogP contribution in [0.3, 0.4) is 0 Å². The molecule has 0 saturated heterocycles. The van der Waals surface area contributed by atoms with Gasteiger partial charge in [0.15, 0.2) is 0 Å². The van der Waals surface area contributed by atoms with Gasteiger partial charge >= 0.3 is 0 Å². The number of hydrogen-bond donors (Lipinski definition) is 0. The molecule has 0 N–H and O–H groups in total. The van der Waals surface area contributed by atoms with Crippen molar-refractivity contribution in [3.8, 4) is 39.8 Å². The summed E-state index contributed by atoms with van der Waals surface area (Å²) in [6.07, 6.45) is -14.5. The number of para-hydroxylation sites is 1. The standard InChI is InChI=1S/C61H58N4O/c1-39(2)54-32-57(46-14-9-7-10-15-46)63-36-48(54)24-20-42-28-43(21-25-49-37-64-58(33-55(49)40(3)4)47-16-11-8-12-17-47)30-44(29-42)22-26-50-38-65-59(34-56(50)41(5)6)53-19-13-18-52-51-27-23-45(35-62)31-60(51)66-61(52)53/h7-19,23,27-34,36-41H,20-22,24-26H2,1-6H3/i20D2,21D2,22D2,24D2,25D2,26D2. The zero-order valence-corrected chi connectivity index (χ0v) is 37.9. The zero-order valence-electron chi connectivity index (χ0n) is 49.9. The molecule has 5 nitrogen and oxygen atoms in total. The zero-order chi connectivity index (χ0) is 56.5. The highest BCUT2D eigenvalue weighted by molar-refractivity contribution is 6.09. The van der Waals surface area contributed by atoms with Crippen LogP contribution in [0, 0.1) is 11.3 Å². The maximum Gasteiger partial charge on any atom is 0.144 e. The fraction of sp³-hybridized carbons (Fsp3) is 0.246. The van der Waals surface area contributed by atoms with Crippen molar-refractivity contribution < 1.29 is 20.9 Å². The summed E-state index contributed by atoms with van der Waals surface area (Å²) in [5.74, 6) is -1.09. The lowest BCUT2D eigenvalue weighted by atomic mass is 9.89. The number of nitrogens with zero attached hydrogens (tertiary/aromatic N) is 4. The Morgan fingerprint density at radius 3 is 1.39 bits per heavy atom. The monoisotopic (exact) mass is 875 g/mol.